The average Bonchev–Trinajstić information content (AvgIpc) is 3.32. The van der Waals surface area contributed by atoms with Crippen LogP contribution in [-0.2, 0) is 14.3 Å². The zero-order valence-electron chi connectivity index (χ0n) is 16.8. The Bertz CT molecular complexity index is 1260. The van der Waals surface area contributed by atoms with Gasteiger partial charge in [-0.3, -0.25) is 14.4 Å². The highest BCUT2D eigenvalue weighted by Crippen LogP contribution is 2.21. The van der Waals surface area contributed by atoms with Gasteiger partial charge in [-0.2, -0.15) is 8.75 Å². The maximum Gasteiger partial charge on any atom is 0.325 e. The topological polar surface area (TPSA) is 110 Å². The Morgan fingerprint density at radius 3 is 2.38 bits per heavy atom. The lowest BCUT2D eigenvalue weighted by Crippen LogP contribution is -2.32. The zero-order valence-corrected chi connectivity index (χ0v) is 17.6. The van der Waals surface area contributed by atoms with Crippen LogP contribution in [0.4, 0.5) is 5.69 Å². The summed E-state index contributed by atoms with van der Waals surface area (Å²) < 4.78 is 13.2. The minimum Gasteiger partial charge on any atom is -0.454 e. The fraction of sp³-hybridized carbons (Fsp3) is 0.0870. The van der Waals surface area contributed by atoms with E-state index < -0.39 is 24.4 Å². The predicted octanol–water partition coefficient (Wildman–Crippen LogP) is 3.27. The van der Waals surface area contributed by atoms with Gasteiger partial charge in [-0.1, -0.05) is 48.5 Å². The summed E-state index contributed by atoms with van der Waals surface area (Å²) in [4.78, 5) is 36.2. The molecule has 160 valence electrons. The molecule has 0 unspecified atom stereocenters. The first kappa shape index (κ1) is 21.1. The monoisotopic (exact) mass is 446 g/mol. The number of anilines is 1. The molecular formula is C23H18N4O4S. The number of esters is 1. The van der Waals surface area contributed by atoms with E-state index in [1.54, 1.807) is 30.3 Å². The largest absolute Gasteiger partial charge is 0.454 e. The van der Waals surface area contributed by atoms with Gasteiger partial charge in [0.1, 0.15) is 17.6 Å². The number of hydrogen-bond donors (Lipinski definition) is 2. The van der Waals surface area contributed by atoms with Gasteiger partial charge in [0.05, 0.1) is 17.4 Å². The Morgan fingerprint density at radius 1 is 0.844 bits per heavy atom. The standard InChI is InChI=1S/C23H18N4O4S/c28-20(25-18-7-4-8-19-22(18)27-32-26-19)14-31-21(29)13-24-23(30)17-11-9-16(10-12-17)15-5-2-1-3-6-15/h1-12H,13-14H2,(H,24,30)(H,25,28). The van der Waals surface area contributed by atoms with Crippen molar-refractivity contribution in [3.63, 3.8) is 0 Å². The van der Waals surface area contributed by atoms with E-state index in [2.05, 4.69) is 19.4 Å². The Morgan fingerprint density at radius 2 is 1.59 bits per heavy atom. The number of nitrogens with one attached hydrogen (secondary N) is 2. The van der Waals surface area contributed by atoms with E-state index in [-0.39, 0.29) is 6.54 Å². The van der Waals surface area contributed by atoms with E-state index in [1.165, 1.54) is 0 Å². The van der Waals surface area contributed by atoms with Crippen molar-refractivity contribution in [2.45, 2.75) is 0 Å². The Balaban J connectivity index is 1.23. The molecule has 3 aromatic carbocycles. The van der Waals surface area contributed by atoms with Gasteiger partial charge in [-0.15, -0.1) is 0 Å². The van der Waals surface area contributed by atoms with E-state index in [4.69, 9.17) is 4.74 Å². The van der Waals surface area contributed by atoms with E-state index in [9.17, 15) is 14.4 Å². The van der Waals surface area contributed by atoms with E-state index >= 15 is 0 Å². The van der Waals surface area contributed by atoms with Crippen molar-refractivity contribution < 1.29 is 19.1 Å². The summed E-state index contributed by atoms with van der Waals surface area (Å²) in [5.74, 6) is -1.64. The van der Waals surface area contributed by atoms with E-state index in [0.29, 0.717) is 22.3 Å². The van der Waals surface area contributed by atoms with Crippen LogP contribution in [0.15, 0.2) is 72.8 Å². The van der Waals surface area contributed by atoms with Crippen LogP contribution in [0.25, 0.3) is 22.2 Å². The van der Waals surface area contributed by atoms with Gasteiger partial charge in [0.2, 0.25) is 0 Å². The maximum absolute atomic E-state index is 12.3. The molecule has 2 amide bonds. The summed E-state index contributed by atoms with van der Waals surface area (Å²) in [6.45, 7) is -0.827. The molecule has 0 aliphatic heterocycles. The summed E-state index contributed by atoms with van der Waals surface area (Å²) in [7, 11) is 0. The van der Waals surface area contributed by atoms with Gasteiger partial charge in [-0.05, 0) is 35.4 Å². The first-order chi connectivity index (χ1) is 15.6. The second kappa shape index (κ2) is 9.80. The summed E-state index contributed by atoms with van der Waals surface area (Å²) in [6, 6.07) is 22.0. The molecule has 0 fully saturated rings. The number of carbonyl (C=O) groups is 3. The highest BCUT2D eigenvalue weighted by molar-refractivity contribution is 7.00. The van der Waals surface area contributed by atoms with E-state index in [0.717, 1.165) is 22.9 Å². The molecule has 4 aromatic rings. The molecule has 4 rings (SSSR count). The van der Waals surface area contributed by atoms with Gasteiger partial charge in [0.25, 0.3) is 11.8 Å². The highest BCUT2D eigenvalue weighted by atomic mass is 32.1. The molecule has 32 heavy (non-hydrogen) atoms. The fourth-order valence-electron chi connectivity index (χ4n) is 2.99. The third-order valence-corrected chi connectivity index (χ3v) is 5.11. The number of amides is 2. The lowest BCUT2D eigenvalue weighted by molar-refractivity contribution is -0.146. The van der Waals surface area contributed by atoms with Crippen LogP contribution in [0.5, 0.6) is 0 Å². The van der Waals surface area contributed by atoms with Crippen LogP contribution in [0.1, 0.15) is 10.4 Å². The summed E-state index contributed by atoms with van der Waals surface area (Å²) in [6.07, 6.45) is 0. The van der Waals surface area contributed by atoms with Crippen molar-refractivity contribution in [3.8, 4) is 11.1 Å². The quantitative estimate of drug-likeness (QED) is 0.422. The number of nitrogens with zero attached hydrogens (tertiary/aromatic N) is 2. The lowest BCUT2D eigenvalue weighted by atomic mass is 10.0. The van der Waals surface area contributed by atoms with Crippen LogP contribution in [0.2, 0.25) is 0 Å². The van der Waals surface area contributed by atoms with Crippen LogP contribution >= 0.6 is 11.7 Å². The molecular weight excluding hydrogens is 428 g/mol. The van der Waals surface area contributed by atoms with Crippen LogP contribution < -0.4 is 10.6 Å². The maximum atomic E-state index is 12.3. The van der Waals surface area contributed by atoms with Crippen molar-refractivity contribution in [2.24, 2.45) is 0 Å². The lowest BCUT2D eigenvalue weighted by Gasteiger charge is -2.08. The number of carbonyl (C=O) groups excluding carboxylic acids is 3. The number of fused-ring (bicyclic) bond motifs is 1. The number of ether oxygens (including phenoxy) is 1. The second-order valence-corrected chi connectivity index (χ2v) is 7.30. The Labute approximate surface area is 187 Å². The van der Waals surface area contributed by atoms with Crippen molar-refractivity contribution in [2.75, 3.05) is 18.5 Å². The van der Waals surface area contributed by atoms with Crippen LogP contribution in [-0.4, -0.2) is 39.7 Å². The van der Waals surface area contributed by atoms with Crippen molar-refractivity contribution in [1.29, 1.82) is 0 Å². The first-order valence-electron chi connectivity index (χ1n) is 9.70. The van der Waals surface area contributed by atoms with Crippen LogP contribution in [0, 0.1) is 0 Å². The van der Waals surface area contributed by atoms with E-state index in [1.807, 2.05) is 42.5 Å². The summed E-state index contributed by atoms with van der Waals surface area (Å²) >= 11 is 1.04. The van der Waals surface area contributed by atoms with Crippen molar-refractivity contribution in [3.05, 3.63) is 78.4 Å². The molecule has 0 saturated carbocycles. The normalized spacial score (nSPS) is 10.5. The summed E-state index contributed by atoms with van der Waals surface area (Å²) in [5, 5.41) is 5.13. The Kier molecular flexibility index (Phi) is 6.47. The number of hydrogen-bond acceptors (Lipinski definition) is 7. The SMILES string of the molecule is O=C(COC(=O)CNC(=O)c1ccc(-c2ccccc2)cc1)Nc1cccc2nsnc12. The molecule has 0 saturated heterocycles. The molecule has 9 heteroatoms. The van der Waals surface area contributed by atoms with Gasteiger partial charge >= 0.3 is 5.97 Å². The Hall–Kier alpha value is -4.11. The molecule has 0 radical (unpaired) electrons. The number of benzene rings is 3. The molecule has 2 N–H and O–H groups in total. The average molecular weight is 446 g/mol. The second-order valence-electron chi connectivity index (χ2n) is 6.77. The highest BCUT2D eigenvalue weighted by Gasteiger charge is 2.13. The molecule has 0 atom stereocenters. The fourth-order valence-corrected chi connectivity index (χ4v) is 3.54. The molecule has 8 nitrogen and oxygen atoms in total. The minimum atomic E-state index is -0.720. The van der Waals surface area contributed by atoms with Gasteiger partial charge in [-0.25, -0.2) is 0 Å². The smallest absolute Gasteiger partial charge is 0.325 e. The molecule has 0 spiro atoms. The van der Waals surface area contributed by atoms with Crippen molar-refractivity contribution >= 4 is 46.2 Å². The zero-order chi connectivity index (χ0) is 22.3. The molecule has 1 aromatic heterocycles. The predicted molar refractivity (Wildman–Crippen MR) is 121 cm³/mol. The third-order valence-electron chi connectivity index (χ3n) is 4.57. The first-order valence-corrected chi connectivity index (χ1v) is 10.4. The van der Waals surface area contributed by atoms with Gasteiger partial charge in [0.15, 0.2) is 6.61 Å². The van der Waals surface area contributed by atoms with Gasteiger partial charge in [0, 0.05) is 5.56 Å². The summed E-state index contributed by atoms with van der Waals surface area (Å²) in [5.41, 5.74) is 4.18. The third kappa shape index (κ3) is 5.13. The molecule has 0 aliphatic carbocycles. The molecule has 0 aliphatic rings. The van der Waals surface area contributed by atoms with Gasteiger partial charge < -0.3 is 15.4 Å². The van der Waals surface area contributed by atoms with Crippen LogP contribution in [0.3, 0.4) is 0 Å². The minimum absolute atomic E-state index is 0.349. The number of rotatable bonds is 7. The molecule has 1 heterocycles. The van der Waals surface area contributed by atoms with Crippen molar-refractivity contribution in [1.82, 2.24) is 14.1 Å². The number of aromatic nitrogens is 2. The molecule has 0 bridgehead atoms.